The Hall–Kier alpha value is -1.72. The van der Waals surface area contributed by atoms with E-state index in [0.29, 0.717) is 0 Å². The second-order valence-electron chi connectivity index (χ2n) is 5.38. The summed E-state index contributed by atoms with van der Waals surface area (Å²) >= 11 is 3.55. The molecular weight excluding hydrogens is 390 g/mol. The monoisotopic (exact) mass is 409 g/mol. The second kappa shape index (κ2) is 8.94. The number of hydrazone groups is 1. The molecule has 1 saturated heterocycles. The van der Waals surface area contributed by atoms with Crippen LogP contribution in [0.3, 0.4) is 0 Å². The largest absolute Gasteiger partial charge is 0.495 e. The highest BCUT2D eigenvalue weighted by atomic mass is 79.9. The quantitative estimate of drug-likeness (QED) is 0.712. The van der Waals surface area contributed by atoms with Gasteiger partial charge in [0.05, 0.1) is 32.1 Å². The first kappa shape index (κ1) is 18.6. The maximum absolute atomic E-state index is 5.45. The fraction of sp³-hybridized carbons (Fsp3) is 0.278. The van der Waals surface area contributed by atoms with Crippen LogP contribution in [0.4, 0.5) is 5.69 Å². The molecule has 0 saturated carbocycles. The maximum Gasteiger partial charge on any atom is 0.142 e. The van der Waals surface area contributed by atoms with Crippen molar-refractivity contribution in [3.63, 3.8) is 0 Å². The summed E-state index contributed by atoms with van der Waals surface area (Å²) in [5, 5.41) is 6.72. The van der Waals surface area contributed by atoms with Gasteiger partial charge in [-0.25, -0.2) is 0 Å². The van der Waals surface area contributed by atoms with E-state index in [1.54, 1.807) is 7.11 Å². The zero-order valence-electron chi connectivity index (χ0n) is 13.6. The Morgan fingerprint density at radius 2 is 1.67 bits per heavy atom. The zero-order chi connectivity index (χ0) is 16.1. The summed E-state index contributed by atoms with van der Waals surface area (Å²) in [7, 11) is 1.72. The van der Waals surface area contributed by atoms with Crippen molar-refractivity contribution in [3.8, 4) is 5.75 Å². The van der Waals surface area contributed by atoms with Gasteiger partial charge in [-0.3, -0.25) is 5.01 Å². The number of para-hydroxylation sites is 2. The molecule has 0 aromatic heterocycles. The van der Waals surface area contributed by atoms with Crippen molar-refractivity contribution < 1.29 is 4.74 Å². The van der Waals surface area contributed by atoms with Gasteiger partial charge in [-0.2, -0.15) is 5.10 Å². The Morgan fingerprint density at radius 3 is 2.38 bits per heavy atom. The highest BCUT2D eigenvalue weighted by molar-refractivity contribution is 9.10. The first-order chi connectivity index (χ1) is 11.3. The van der Waals surface area contributed by atoms with Gasteiger partial charge in [0.25, 0.3) is 0 Å². The summed E-state index contributed by atoms with van der Waals surface area (Å²) in [5.41, 5.74) is 2.25. The van der Waals surface area contributed by atoms with Crippen LogP contribution in [0.2, 0.25) is 0 Å². The van der Waals surface area contributed by atoms with Crippen molar-refractivity contribution in [1.82, 2.24) is 5.01 Å². The molecule has 0 N–H and O–H groups in total. The summed E-state index contributed by atoms with van der Waals surface area (Å²) in [6, 6.07) is 16.3. The molecule has 0 spiro atoms. The van der Waals surface area contributed by atoms with E-state index in [-0.39, 0.29) is 12.4 Å². The fourth-order valence-electron chi connectivity index (χ4n) is 2.67. The van der Waals surface area contributed by atoms with E-state index in [0.717, 1.165) is 47.7 Å². The van der Waals surface area contributed by atoms with Crippen LogP contribution in [0.1, 0.15) is 5.56 Å². The van der Waals surface area contributed by atoms with Gasteiger partial charge in [0.15, 0.2) is 0 Å². The predicted molar refractivity (Wildman–Crippen MR) is 106 cm³/mol. The molecule has 0 aliphatic carbocycles. The maximum atomic E-state index is 5.45. The van der Waals surface area contributed by atoms with Crippen LogP contribution < -0.4 is 9.64 Å². The van der Waals surface area contributed by atoms with Crippen LogP contribution in [0, 0.1) is 0 Å². The SMILES string of the molecule is COc1ccccc1N1CCN(/N=C\c2ccccc2Br)CC1.Cl. The lowest BCUT2D eigenvalue weighted by Gasteiger charge is -2.35. The van der Waals surface area contributed by atoms with E-state index in [2.05, 4.69) is 49.1 Å². The molecule has 1 fully saturated rings. The summed E-state index contributed by atoms with van der Waals surface area (Å²) in [5.74, 6) is 0.928. The van der Waals surface area contributed by atoms with Crippen LogP contribution >= 0.6 is 28.3 Å². The molecule has 6 heteroatoms. The van der Waals surface area contributed by atoms with E-state index >= 15 is 0 Å². The molecule has 2 aromatic carbocycles. The lowest BCUT2D eigenvalue weighted by Crippen LogP contribution is -2.44. The smallest absolute Gasteiger partial charge is 0.142 e. The number of anilines is 1. The third-order valence-corrected chi connectivity index (χ3v) is 4.67. The topological polar surface area (TPSA) is 28.1 Å². The number of benzene rings is 2. The Morgan fingerprint density at radius 1 is 1.00 bits per heavy atom. The van der Waals surface area contributed by atoms with Gasteiger partial charge in [0.1, 0.15) is 5.75 Å². The highest BCUT2D eigenvalue weighted by Gasteiger charge is 2.18. The van der Waals surface area contributed by atoms with E-state index in [1.165, 1.54) is 0 Å². The minimum atomic E-state index is 0. The van der Waals surface area contributed by atoms with Gasteiger partial charge in [0, 0.05) is 23.1 Å². The van der Waals surface area contributed by atoms with Crippen LogP contribution in [0.5, 0.6) is 5.75 Å². The molecule has 1 aliphatic rings. The minimum Gasteiger partial charge on any atom is -0.495 e. The van der Waals surface area contributed by atoms with E-state index in [4.69, 9.17) is 4.74 Å². The van der Waals surface area contributed by atoms with Crippen molar-refractivity contribution >= 4 is 40.2 Å². The molecular formula is C18H21BrClN3O. The number of nitrogens with zero attached hydrogens (tertiary/aromatic N) is 3. The average Bonchev–Trinajstić information content (AvgIpc) is 2.61. The molecule has 3 rings (SSSR count). The molecule has 0 radical (unpaired) electrons. The predicted octanol–water partition coefficient (Wildman–Crippen LogP) is 4.04. The molecule has 2 aromatic rings. The van der Waals surface area contributed by atoms with Gasteiger partial charge in [-0.15, -0.1) is 12.4 Å². The number of hydrogen-bond donors (Lipinski definition) is 0. The molecule has 0 bridgehead atoms. The lowest BCUT2D eigenvalue weighted by atomic mass is 10.2. The van der Waals surface area contributed by atoms with Gasteiger partial charge >= 0.3 is 0 Å². The standard InChI is InChI=1S/C18H20BrN3O.ClH/c1-23-18-9-5-4-8-17(18)21-10-12-22(13-11-21)20-14-15-6-2-3-7-16(15)19;/h2-9,14H,10-13H2,1H3;1H/b20-14-;. The number of halogens is 2. The molecule has 24 heavy (non-hydrogen) atoms. The van der Waals surface area contributed by atoms with E-state index in [1.807, 2.05) is 36.5 Å². The zero-order valence-corrected chi connectivity index (χ0v) is 16.0. The van der Waals surface area contributed by atoms with Gasteiger partial charge in [-0.1, -0.05) is 46.3 Å². The third kappa shape index (κ3) is 4.42. The lowest BCUT2D eigenvalue weighted by molar-refractivity contribution is 0.271. The van der Waals surface area contributed by atoms with Gasteiger partial charge in [-0.05, 0) is 18.2 Å². The molecule has 0 amide bonds. The highest BCUT2D eigenvalue weighted by Crippen LogP contribution is 2.28. The first-order valence-corrected chi connectivity index (χ1v) is 8.48. The Labute approximate surface area is 157 Å². The second-order valence-corrected chi connectivity index (χ2v) is 6.23. The average molecular weight is 411 g/mol. The van der Waals surface area contributed by atoms with Crippen molar-refractivity contribution in [2.45, 2.75) is 0 Å². The molecule has 4 nitrogen and oxygen atoms in total. The van der Waals surface area contributed by atoms with Crippen molar-refractivity contribution in [3.05, 3.63) is 58.6 Å². The van der Waals surface area contributed by atoms with Crippen LogP contribution in [-0.4, -0.2) is 44.5 Å². The molecule has 128 valence electrons. The Balaban J connectivity index is 0.00000208. The van der Waals surface area contributed by atoms with E-state index < -0.39 is 0 Å². The number of piperazine rings is 1. The molecule has 1 heterocycles. The van der Waals surface area contributed by atoms with Crippen LogP contribution in [-0.2, 0) is 0 Å². The number of rotatable bonds is 4. The van der Waals surface area contributed by atoms with Crippen LogP contribution in [0.15, 0.2) is 58.1 Å². The van der Waals surface area contributed by atoms with Crippen molar-refractivity contribution in [2.24, 2.45) is 5.10 Å². The van der Waals surface area contributed by atoms with Crippen molar-refractivity contribution in [1.29, 1.82) is 0 Å². The Bertz CT molecular complexity index is 687. The van der Waals surface area contributed by atoms with Crippen LogP contribution in [0.25, 0.3) is 0 Å². The fourth-order valence-corrected chi connectivity index (χ4v) is 3.05. The summed E-state index contributed by atoms with van der Waals surface area (Å²) in [6.07, 6.45) is 1.92. The molecule has 1 aliphatic heterocycles. The normalized spacial score (nSPS) is 14.6. The summed E-state index contributed by atoms with van der Waals surface area (Å²) in [6.45, 7) is 3.68. The van der Waals surface area contributed by atoms with Gasteiger partial charge in [0.2, 0.25) is 0 Å². The summed E-state index contributed by atoms with van der Waals surface area (Å²) in [4.78, 5) is 2.35. The number of hydrogen-bond acceptors (Lipinski definition) is 4. The summed E-state index contributed by atoms with van der Waals surface area (Å²) < 4.78 is 6.52. The van der Waals surface area contributed by atoms with Gasteiger partial charge < -0.3 is 9.64 Å². The Kier molecular flexibility index (Phi) is 6.94. The molecule has 0 atom stereocenters. The first-order valence-electron chi connectivity index (χ1n) is 7.69. The molecule has 0 unspecified atom stereocenters. The minimum absolute atomic E-state index is 0. The van der Waals surface area contributed by atoms with Crippen molar-refractivity contribution in [2.75, 3.05) is 38.2 Å². The third-order valence-electron chi connectivity index (χ3n) is 3.95. The number of ether oxygens (including phenoxy) is 1. The van der Waals surface area contributed by atoms with E-state index in [9.17, 15) is 0 Å². The number of methoxy groups -OCH3 is 1.